The Morgan fingerprint density at radius 1 is 1.05 bits per heavy atom. The first-order valence-electron chi connectivity index (χ1n) is 5.33. The van der Waals surface area contributed by atoms with Gasteiger partial charge in [-0.2, -0.15) is 0 Å². The van der Waals surface area contributed by atoms with E-state index in [1.165, 1.54) is 6.07 Å². The molecule has 0 fully saturated rings. The van der Waals surface area contributed by atoms with Crippen LogP contribution < -0.4 is 4.72 Å². The zero-order valence-corrected chi connectivity index (χ0v) is 14.7. The average Bonchev–Trinajstić information content (AvgIpc) is 2.31. The van der Waals surface area contributed by atoms with E-state index in [-0.39, 0.29) is 24.6 Å². The fourth-order valence-electron chi connectivity index (χ4n) is 1.56. The van der Waals surface area contributed by atoms with E-state index in [1.807, 2.05) is 0 Å². The minimum atomic E-state index is -4.14. The summed E-state index contributed by atoms with van der Waals surface area (Å²) in [5.41, 5.74) is -0.300. The van der Waals surface area contributed by atoms with Gasteiger partial charge in [-0.05, 0) is 62.2 Å². The normalized spacial score (nSPS) is 11.5. The summed E-state index contributed by atoms with van der Waals surface area (Å²) >= 11 is 11.6. The summed E-state index contributed by atoms with van der Waals surface area (Å²) in [7, 11) is -4.14. The Bertz CT molecular complexity index is 792. The molecule has 112 valence electrons. The van der Waals surface area contributed by atoms with Gasteiger partial charge in [0.05, 0.1) is 5.69 Å². The van der Waals surface area contributed by atoms with E-state index in [0.29, 0.717) is 0 Å². The molecule has 0 amide bonds. The van der Waals surface area contributed by atoms with Gasteiger partial charge in [0.1, 0.15) is 16.5 Å². The highest BCUT2D eigenvalue weighted by Gasteiger charge is 2.23. The molecule has 0 aliphatic carbocycles. The van der Waals surface area contributed by atoms with Crippen molar-refractivity contribution in [3.63, 3.8) is 0 Å². The zero-order valence-electron chi connectivity index (χ0n) is 10.0. The van der Waals surface area contributed by atoms with Gasteiger partial charge in [-0.15, -0.1) is 0 Å². The Balaban J connectivity index is 2.51. The third kappa shape index (κ3) is 3.74. The standard InChI is InChI=1S/C12H6Br2ClF2NO2S/c13-8-4-7(16)5-9(14)12(8)21(19,20)18-11-3-6(15)1-2-10(11)17/h1-5,18H. The highest BCUT2D eigenvalue weighted by atomic mass is 79.9. The van der Waals surface area contributed by atoms with Crippen molar-refractivity contribution in [2.45, 2.75) is 4.90 Å². The fraction of sp³-hybridized carbons (Fsp3) is 0. The van der Waals surface area contributed by atoms with Crippen LogP contribution in [-0.2, 0) is 10.0 Å². The Morgan fingerprint density at radius 3 is 2.19 bits per heavy atom. The van der Waals surface area contributed by atoms with Crippen LogP contribution in [0.15, 0.2) is 44.2 Å². The first kappa shape index (κ1) is 16.7. The second kappa shape index (κ2) is 6.20. The summed E-state index contributed by atoms with van der Waals surface area (Å²) in [5.74, 6) is -1.40. The maximum atomic E-state index is 13.6. The summed E-state index contributed by atoms with van der Waals surface area (Å²) < 4.78 is 53.5. The summed E-state index contributed by atoms with van der Waals surface area (Å²) in [4.78, 5) is -0.247. The number of hydrogen-bond donors (Lipinski definition) is 1. The predicted octanol–water partition coefficient (Wildman–Crippen LogP) is 4.94. The van der Waals surface area contributed by atoms with Crippen molar-refractivity contribution in [1.29, 1.82) is 0 Å². The van der Waals surface area contributed by atoms with E-state index in [1.54, 1.807) is 0 Å². The second-order valence-corrected chi connectivity index (χ2v) is 7.69. The average molecular weight is 462 g/mol. The Morgan fingerprint density at radius 2 is 1.62 bits per heavy atom. The third-order valence-electron chi connectivity index (χ3n) is 2.40. The molecule has 0 atom stereocenters. The van der Waals surface area contributed by atoms with Crippen molar-refractivity contribution >= 4 is 59.2 Å². The minimum absolute atomic E-state index is 0.00399. The van der Waals surface area contributed by atoms with Gasteiger partial charge < -0.3 is 0 Å². The molecule has 0 heterocycles. The first-order valence-corrected chi connectivity index (χ1v) is 8.78. The molecule has 0 aliphatic heterocycles. The monoisotopic (exact) mass is 459 g/mol. The van der Waals surface area contributed by atoms with Crippen LogP contribution in [0.3, 0.4) is 0 Å². The van der Waals surface area contributed by atoms with E-state index in [9.17, 15) is 17.2 Å². The summed E-state index contributed by atoms with van der Waals surface area (Å²) in [6.45, 7) is 0. The van der Waals surface area contributed by atoms with Gasteiger partial charge in [0.25, 0.3) is 10.0 Å². The van der Waals surface area contributed by atoms with Crippen molar-refractivity contribution in [2.75, 3.05) is 4.72 Å². The molecule has 0 spiro atoms. The Kier molecular flexibility index (Phi) is 4.92. The van der Waals surface area contributed by atoms with Crippen molar-refractivity contribution in [1.82, 2.24) is 0 Å². The lowest BCUT2D eigenvalue weighted by molar-refractivity contribution is 0.595. The predicted molar refractivity (Wildman–Crippen MR) is 84.0 cm³/mol. The first-order chi connectivity index (χ1) is 9.70. The second-order valence-electron chi connectivity index (χ2n) is 3.93. The smallest absolute Gasteiger partial charge is 0.264 e. The molecule has 9 heteroatoms. The van der Waals surface area contributed by atoms with E-state index in [2.05, 4.69) is 36.6 Å². The van der Waals surface area contributed by atoms with E-state index < -0.39 is 21.7 Å². The molecular weight excluding hydrogens is 455 g/mol. The molecule has 2 rings (SSSR count). The summed E-state index contributed by atoms with van der Waals surface area (Å²) in [6.07, 6.45) is 0. The van der Waals surface area contributed by atoms with E-state index in [0.717, 1.165) is 24.3 Å². The molecule has 21 heavy (non-hydrogen) atoms. The quantitative estimate of drug-likeness (QED) is 0.704. The molecular formula is C12H6Br2ClF2NO2S. The number of hydrogen-bond acceptors (Lipinski definition) is 2. The van der Waals surface area contributed by atoms with Gasteiger partial charge >= 0.3 is 0 Å². The van der Waals surface area contributed by atoms with E-state index in [4.69, 9.17) is 11.6 Å². The van der Waals surface area contributed by atoms with Crippen LogP contribution >= 0.6 is 43.5 Å². The largest absolute Gasteiger partial charge is 0.277 e. The molecule has 0 saturated carbocycles. The molecule has 2 aromatic rings. The lowest BCUT2D eigenvalue weighted by Crippen LogP contribution is -2.15. The van der Waals surface area contributed by atoms with Gasteiger partial charge in [0.2, 0.25) is 0 Å². The maximum absolute atomic E-state index is 13.6. The lowest BCUT2D eigenvalue weighted by Gasteiger charge is -2.12. The van der Waals surface area contributed by atoms with Crippen molar-refractivity contribution in [3.05, 3.63) is 55.9 Å². The highest BCUT2D eigenvalue weighted by Crippen LogP contribution is 2.33. The maximum Gasteiger partial charge on any atom is 0.264 e. The zero-order chi connectivity index (χ0) is 15.8. The molecule has 0 aliphatic rings. The molecule has 0 saturated heterocycles. The van der Waals surface area contributed by atoms with Crippen LogP contribution in [-0.4, -0.2) is 8.42 Å². The Labute approximate surface area is 141 Å². The number of anilines is 1. The number of sulfonamides is 1. The van der Waals surface area contributed by atoms with E-state index >= 15 is 0 Å². The van der Waals surface area contributed by atoms with Crippen LogP contribution in [0.4, 0.5) is 14.5 Å². The SMILES string of the molecule is O=S(=O)(Nc1cc(Cl)ccc1F)c1c(Br)cc(F)cc1Br. The van der Waals surface area contributed by atoms with Crippen LogP contribution in [0, 0.1) is 11.6 Å². The third-order valence-corrected chi connectivity index (χ3v) is 5.88. The number of rotatable bonds is 3. The molecule has 0 aromatic heterocycles. The molecule has 2 aromatic carbocycles. The number of nitrogens with one attached hydrogen (secondary N) is 1. The van der Waals surface area contributed by atoms with Crippen LogP contribution in [0.5, 0.6) is 0 Å². The van der Waals surface area contributed by atoms with Crippen molar-refractivity contribution in [2.24, 2.45) is 0 Å². The van der Waals surface area contributed by atoms with Crippen molar-refractivity contribution in [3.8, 4) is 0 Å². The van der Waals surface area contributed by atoms with Crippen LogP contribution in [0.2, 0.25) is 5.02 Å². The van der Waals surface area contributed by atoms with Gasteiger partial charge in [0.15, 0.2) is 0 Å². The molecule has 3 nitrogen and oxygen atoms in total. The highest BCUT2D eigenvalue weighted by molar-refractivity contribution is 9.11. The molecule has 0 unspecified atom stereocenters. The van der Waals surface area contributed by atoms with Crippen molar-refractivity contribution < 1.29 is 17.2 Å². The lowest BCUT2D eigenvalue weighted by atomic mass is 10.3. The molecule has 0 bridgehead atoms. The minimum Gasteiger partial charge on any atom is -0.277 e. The van der Waals surface area contributed by atoms with Gasteiger partial charge in [0, 0.05) is 14.0 Å². The van der Waals surface area contributed by atoms with Gasteiger partial charge in [-0.3, -0.25) is 4.72 Å². The summed E-state index contributed by atoms with van der Waals surface area (Å²) in [5, 5.41) is 0.173. The number of halogens is 5. The molecule has 0 radical (unpaired) electrons. The molecule has 1 N–H and O–H groups in total. The topological polar surface area (TPSA) is 46.2 Å². The van der Waals surface area contributed by atoms with Gasteiger partial charge in [-0.1, -0.05) is 11.6 Å². The fourth-order valence-corrected chi connectivity index (χ4v) is 5.32. The van der Waals surface area contributed by atoms with Crippen LogP contribution in [0.1, 0.15) is 0 Å². The van der Waals surface area contributed by atoms with Crippen LogP contribution in [0.25, 0.3) is 0 Å². The van der Waals surface area contributed by atoms with Gasteiger partial charge in [-0.25, -0.2) is 17.2 Å². The Hall–Kier alpha value is -0.700. The number of benzene rings is 2. The summed E-state index contributed by atoms with van der Waals surface area (Å²) in [6, 6.07) is 5.45.